The lowest BCUT2D eigenvalue weighted by atomic mass is 10.0. The van der Waals surface area contributed by atoms with Gasteiger partial charge in [-0.05, 0) is 19.1 Å². The Morgan fingerprint density at radius 1 is 1.36 bits per heavy atom. The van der Waals surface area contributed by atoms with E-state index in [0.717, 1.165) is 0 Å². The molecule has 2 rings (SSSR count). The first-order chi connectivity index (χ1) is 12.2. The van der Waals surface area contributed by atoms with Crippen LogP contribution < -0.4 is 5.69 Å². The van der Waals surface area contributed by atoms with Crippen LogP contribution in [0.1, 0.15) is 19.6 Å². The van der Waals surface area contributed by atoms with Crippen LogP contribution in [0.3, 0.4) is 0 Å². The fraction of sp³-hybridized carbons (Fsp3) is 0.412. The molecule has 1 fully saturated rings. The molecule has 25 heavy (non-hydrogen) atoms. The Balaban J connectivity index is 2.02. The van der Waals surface area contributed by atoms with Crippen LogP contribution in [0.4, 0.5) is 5.82 Å². The summed E-state index contributed by atoms with van der Waals surface area (Å²) in [6, 6.07) is 1.58. The fourth-order valence-corrected chi connectivity index (χ4v) is 2.44. The minimum Gasteiger partial charge on any atom is -0.396 e. The number of nitrogens with zero attached hydrogens (tertiary/aromatic N) is 4. The third-order valence-corrected chi connectivity index (χ3v) is 3.75. The molecule has 1 aromatic heterocycles. The summed E-state index contributed by atoms with van der Waals surface area (Å²) in [7, 11) is 0. The number of aliphatic hydroxyl groups is 2. The molecule has 1 saturated heterocycles. The van der Waals surface area contributed by atoms with Gasteiger partial charge in [0.15, 0.2) is 5.82 Å². The average molecular weight is 346 g/mol. The Morgan fingerprint density at radius 3 is 2.84 bits per heavy atom. The molecule has 1 aliphatic rings. The molecule has 0 unspecified atom stereocenters. The number of allylic oxidation sites excluding steroid dienone is 4. The van der Waals surface area contributed by atoms with Crippen molar-refractivity contribution in [2.24, 2.45) is 15.9 Å². The highest BCUT2D eigenvalue weighted by Gasteiger charge is 2.35. The van der Waals surface area contributed by atoms with E-state index in [4.69, 9.17) is 4.74 Å². The molecule has 0 aliphatic carbocycles. The maximum atomic E-state index is 12.1. The molecule has 1 aliphatic heterocycles. The van der Waals surface area contributed by atoms with Crippen molar-refractivity contribution in [2.75, 3.05) is 13.2 Å². The zero-order valence-electron chi connectivity index (χ0n) is 14.0. The van der Waals surface area contributed by atoms with Crippen LogP contribution in [0.25, 0.3) is 0 Å². The van der Waals surface area contributed by atoms with Crippen LogP contribution in [0.15, 0.2) is 51.3 Å². The van der Waals surface area contributed by atoms with Crippen LogP contribution >= 0.6 is 0 Å². The van der Waals surface area contributed by atoms with Gasteiger partial charge in [-0.15, -0.1) is 0 Å². The van der Waals surface area contributed by atoms with Crippen LogP contribution in [0.2, 0.25) is 0 Å². The van der Waals surface area contributed by atoms with Gasteiger partial charge in [0.2, 0.25) is 0 Å². The van der Waals surface area contributed by atoms with E-state index in [-0.39, 0.29) is 24.9 Å². The van der Waals surface area contributed by atoms with Crippen molar-refractivity contribution in [3.8, 4) is 0 Å². The third kappa shape index (κ3) is 5.28. The lowest BCUT2D eigenvalue weighted by Gasteiger charge is -2.14. The summed E-state index contributed by atoms with van der Waals surface area (Å²) in [5.74, 6) is 0.0378. The van der Waals surface area contributed by atoms with Crippen molar-refractivity contribution in [1.82, 2.24) is 9.55 Å². The number of hydrogen-bond donors (Lipinski definition) is 2. The first-order valence-electron chi connectivity index (χ1n) is 7.99. The van der Waals surface area contributed by atoms with Gasteiger partial charge in [-0.1, -0.05) is 18.2 Å². The largest absolute Gasteiger partial charge is 0.396 e. The van der Waals surface area contributed by atoms with Gasteiger partial charge in [-0.25, -0.2) is 14.8 Å². The van der Waals surface area contributed by atoms with E-state index in [1.54, 1.807) is 18.4 Å². The second kappa shape index (κ2) is 9.77. The molecule has 1 aromatic rings. The van der Waals surface area contributed by atoms with Crippen molar-refractivity contribution >= 4 is 18.4 Å². The number of aliphatic imine (C=N–C) groups is 2. The molecule has 2 N–H and O–H groups in total. The van der Waals surface area contributed by atoms with Crippen LogP contribution in [0.5, 0.6) is 0 Å². The van der Waals surface area contributed by atoms with E-state index in [0.29, 0.717) is 6.42 Å². The Morgan fingerprint density at radius 2 is 2.20 bits per heavy atom. The zero-order valence-corrected chi connectivity index (χ0v) is 14.0. The molecule has 8 nitrogen and oxygen atoms in total. The number of aromatic nitrogens is 2. The van der Waals surface area contributed by atoms with Crippen LogP contribution in [-0.2, 0) is 4.74 Å². The molecule has 0 amide bonds. The van der Waals surface area contributed by atoms with Crippen LogP contribution in [-0.4, -0.2) is 51.6 Å². The van der Waals surface area contributed by atoms with E-state index in [1.807, 2.05) is 25.2 Å². The second-order valence-corrected chi connectivity index (χ2v) is 5.42. The standard InChI is InChI=1S/C17H22N4O4/c1-2-3-4-5-7-18-12-19-15-6-8-21(17(24)20-15)16-9-13(10-22)14(11-23)25-16/h2-8,12-14,16,22-23H,9-11H2,1H3/b3-2+,5-4+,18-7?,19-12?/t13-,14-,16-/m1/s1. The van der Waals surface area contributed by atoms with E-state index in [9.17, 15) is 15.0 Å². The second-order valence-electron chi connectivity index (χ2n) is 5.42. The molecule has 0 bridgehead atoms. The average Bonchev–Trinajstić information content (AvgIpc) is 3.04. The first kappa shape index (κ1) is 18.9. The maximum Gasteiger partial charge on any atom is 0.351 e. The summed E-state index contributed by atoms with van der Waals surface area (Å²) < 4.78 is 6.94. The summed E-state index contributed by atoms with van der Waals surface area (Å²) in [6.45, 7) is 1.61. The van der Waals surface area contributed by atoms with Gasteiger partial charge in [0.1, 0.15) is 12.6 Å². The Bertz CT molecular complexity index is 712. The summed E-state index contributed by atoms with van der Waals surface area (Å²) in [4.78, 5) is 23.9. The van der Waals surface area contributed by atoms with Crippen molar-refractivity contribution in [3.63, 3.8) is 0 Å². The highest BCUT2D eigenvalue weighted by atomic mass is 16.5. The Kier molecular flexibility index (Phi) is 7.39. The molecular formula is C17H22N4O4. The van der Waals surface area contributed by atoms with Gasteiger partial charge in [0, 0.05) is 31.4 Å². The zero-order chi connectivity index (χ0) is 18.1. The molecule has 0 aromatic carbocycles. The minimum atomic E-state index is -0.554. The number of hydrogen-bond acceptors (Lipinski definition) is 6. The monoisotopic (exact) mass is 346 g/mol. The Labute approximate surface area is 145 Å². The molecular weight excluding hydrogens is 324 g/mol. The number of aliphatic hydroxyl groups excluding tert-OH is 2. The van der Waals surface area contributed by atoms with E-state index >= 15 is 0 Å². The minimum absolute atomic E-state index is 0.104. The van der Waals surface area contributed by atoms with E-state index in [2.05, 4.69) is 15.0 Å². The number of rotatable bonds is 7. The lowest BCUT2D eigenvalue weighted by Crippen LogP contribution is -2.27. The smallest absolute Gasteiger partial charge is 0.351 e. The molecule has 0 radical (unpaired) electrons. The molecule has 2 heterocycles. The fourth-order valence-electron chi connectivity index (χ4n) is 2.44. The van der Waals surface area contributed by atoms with E-state index < -0.39 is 18.0 Å². The summed E-state index contributed by atoms with van der Waals surface area (Å²) >= 11 is 0. The van der Waals surface area contributed by atoms with Crippen molar-refractivity contribution in [3.05, 3.63) is 47.1 Å². The van der Waals surface area contributed by atoms with Crippen molar-refractivity contribution < 1.29 is 14.9 Å². The number of ether oxygens (including phenoxy) is 1. The van der Waals surface area contributed by atoms with Gasteiger partial charge in [-0.3, -0.25) is 4.57 Å². The highest BCUT2D eigenvalue weighted by Crippen LogP contribution is 2.32. The quantitative estimate of drug-likeness (QED) is 0.435. The first-order valence-corrected chi connectivity index (χ1v) is 7.99. The normalized spacial score (nSPS) is 24.5. The lowest BCUT2D eigenvalue weighted by molar-refractivity contribution is -0.0365. The molecule has 8 heteroatoms. The SMILES string of the molecule is C/C=C/C=C/C=NC=Nc1ccn([C@H]2C[C@H](CO)[C@@H](CO)O2)c(=O)n1. The predicted octanol–water partition coefficient (Wildman–Crippen LogP) is 0.994. The van der Waals surface area contributed by atoms with Gasteiger partial charge in [0.05, 0.1) is 12.7 Å². The summed E-state index contributed by atoms with van der Waals surface area (Å²) in [5.41, 5.74) is -0.508. The van der Waals surface area contributed by atoms with Crippen molar-refractivity contribution in [1.29, 1.82) is 0 Å². The molecule has 134 valence electrons. The topological polar surface area (TPSA) is 109 Å². The van der Waals surface area contributed by atoms with Gasteiger partial charge >= 0.3 is 5.69 Å². The van der Waals surface area contributed by atoms with E-state index in [1.165, 1.54) is 17.1 Å². The Hall–Kier alpha value is -2.42. The third-order valence-electron chi connectivity index (χ3n) is 3.75. The molecule has 0 saturated carbocycles. The van der Waals surface area contributed by atoms with Gasteiger partial charge < -0.3 is 14.9 Å². The molecule has 0 spiro atoms. The highest BCUT2D eigenvalue weighted by molar-refractivity contribution is 5.80. The van der Waals surface area contributed by atoms with Crippen molar-refractivity contribution in [2.45, 2.75) is 25.7 Å². The maximum absolute atomic E-state index is 12.1. The van der Waals surface area contributed by atoms with Crippen LogP contribution in [0, 0.1) is 5.92 Å². The predicted molar refractivity (Wildman–Crippen MR) is 95.3 cm³/mol. The summed E-state index contributed by atoms with van der Waals surface area (Å²) in [5, 5.41) is 18.6. The van der Waals surface area contributed by atoms with Gasteiger partial charge in [-0.2, -0.15) is 4.98 Å². The summed E-state index contributed by atoms with van der Waals surface area (Å²) in [6.07, 6.45) is 11.2. The van der Waals surface area contributed by atoms with Gasteiger partial charge in [0.25, 0.3) is 0 Å². The molecule has 3 atom stereocenters.